The van der Waals surface area contributed by atoms with Gasteiger partial charge in [0.25, 0.3) is 5.91 Å². The Balaban J connectivity index is 1.65. The first-order valence-corrected chi connectivity index (χ1v) is 11.2. The van der Waals surface area contributed by atoms with Gasteiger partial charge < -0.3 is 9.64 Å². The molecule has 2 saturated heterocycles. The molecule has 6 heteroatoms. The van der Waals surface area contributed by atoms with E-state index in [1.807, 2.05) is 74.5 Å². The molecule has 2 heterocycles. The number of allylic oxidation sites excluding steroid dienone is 1. The number of hydrogen-bond donors (Lipinski definition) is 0. The third kappa shape index (κ3) is 4.17. The molecule has 4 rings (SSSR count). The molecule has 2 aromatic carbocycles. The second-order valence-corrected chi connectivity index (χ2v) is 10.2. The summed E-state index contributed by atoms with van der Waals surface area (Å²) in [6, 6.07) is 18.5. The second-order valence-electron chi connectivity index (χ2n) is 8.41. The number of carbonyl (C=O) groups is 3. The van der Waals surface area contributed by atoms with Crippen molar-refractivity contribution in [2.45, 2.75) is 49.5 Å². The predicted octanol–water partition coefficient (Wildman–Crippen LogP) is 4.29. The quantitative estimate of drug-likeness (QED) is 0.518. The average molecular weight is 436 g/mol. The molecule has 2 atom stereocenters. The van der Waals surface area contributed by atoms with Crippen LogP contribution in [0.3, 0.4) is 0 Å². The minimum atomic E-state index is -0.734. The second kappa shape index (κ2) is 8.35. The molecule has 0 aliphatic carbocycles. The van der Waals surface area contributed by atoms with Crippen LogP contribution < -0.4 is 0 Å². The minimum absolute atomic E-state index is 0.166. The van der Waals surface area contributed by atoms with Gasteiger partial charge in [0, 0.05) is 16.7 Å². The van der Waals surface area contributed by atoms with E-state index in [4.69, 9.17) is 4.74 Å². The average Bonchev–Trinajstić information content (AvgIpc) is 3.16. The lowest BCUT2D eigenvalue weighted by atomic mass is 9.99. The van der Waals surface area contributed by atoms with Gasteiger partial charge in [-0.05, 0) is 38.0 Å². The van der Waals surface area contributed by atoms with E-state index in [0.29, 0.717) is 12.0 Å². The highest BCUT2D eigenvalue weighted by atomic mass is 32.2. The Morgan fingerprint density at radius 2 is 1.61 bits per heavy atom. The molecule has 1 amide bonds. The SMILES string of the molecule is CC(=O)/C=C1\C[C@H]2SC(C)(C)[C@H](C(=O)OC(c3ccccc3)c3ccccc3)N2C1=O. The number of fused-ring (bicyclic) bond motifs is 1. The Hall–Kier alpha value is -2.86. The molecule has 31 heavy (non-hydrogen) atoms. The maximum Gasteiger partial charge on any atom is 0.331 e. The van der Waals surface area contributed by atoms with E-state index in [2.05, 4.69) is 0 Å². The summed E-state index contributed by atoms with van der Waals surface area (Å²) >= 11 is 1.58. The van der Waals surface area contributed by atoms with Crippen LogP contribution >= 0.6 is 11.8 Å². The van der Waals surface area contributed by atoms with E-state index in [1.54, 1.807) is 16.7 Å². The van der Waals surface area contributed by atoms with Crippen LogP contribution in [-0.2, 0) is 19.1 Å². The summed E-state index contributed by atoms with van der Waals surface area (Å²) in [5.74, 6) is -0.854. The van der Waals surface area contributed by atoms with Crippen molar-refractivity contribution in [2.75, 3.05) is 0 Å². The molecule has 0 unspecified atom stereocenters. The van der Waals surface area contributed by atoms with Crippen LogP contribution in [0.2, 0.25) is 0 Å². The first kappa shape index (κ1) is 21.4. The van der Waals surface area contributed by atoms with Gasteiger partial charge in [0.1, 0.15) is 6.04 Å². The summed E-state index contributed by atoms with van der Waals surface area (Å²) in [5, 5.41) is -0.169. The summed E-state index contributed by atoms with van der Waals surface area (Å²) in [6.07, 6.45) is 1.27. The number of ketones is 1. The molecular formula is C25H25NO4S. The summed E-state index contributed by atoms with van der Waals surface area (Å²) in [5.41, 5.74) is 2.19. The normalized spacial score (nSPS) is 23.3. The minimum Gasteiger partial charge on any atom is -0.451 e. The molecule has 0 radical (unpaired) electrons. The van der Waals surface area contributed by atoms with Crippen molar-refractivity contribution < 1.29 is 19.1 Å². The van der Waals surface area contributed by atoms with Crippen molar-refractivity contribution in [3.05, 3.63) is 83.4 Å². The lowest BCUT2D eigenvalue weighted by Gasteiger charge is -2.30. The first-order valence-electron chi connectivity index (χ1n) is 10.3. The van der Waals surface area contributed by atoms with Crippen molar-refractivity contribution in [3.63, 3.8) is 0 Å². The maximum absolute atomic E-state index is 13.5. The number of amides is 1. The molecule has 0 aromatic heterocycles. The summed E-state index contributed by atoms with van der Waals surface area (Å²) in [7, 11) is 0. The van der Waals surface area contributed by atoms with E-state index < -0.39 is 22.9 Å². The molecule has 160 valence electrons. The maximum atomic E-state index is 13.5. The lowest BCUT2D eigenvalue weighted by molar-refractivity contribution is -0.157. The number of carbonyl (C=O) groups excluding carboxylic acids is 3. The molecule has 0 N–H and O–H groups in total. The number of thioether (sulfide) groups is 1. The molecule has 0 bridgehead atoms. The third-order valence-corrected chi connectivity index (χ3v) is 7.13. The number of rotatable bonds is 5. The van der Waals surface area contributed by atoms with Gasteiger partial charge in [-0.15, -0.1) is 11.8 Å². The Kier molecular flexibility index (Phi) is 5.75. The molecule has 2 aromatic rings. The van der Waals surface area contributed by atoms with E-state index >= 15 is 0 Å². The topological polar surface area (TPSA) is 63.7 Å². The van der Waals surface area contributed by atoms with Crippen molar-refractivity contribution in [3.8, 4) is 0 Å². The van der Waals surface area contributed by atoms with Crippen molar-refractivity contribution in [1.82, 2.24) is 4.90 Å². The third-order valence-electron chi connectivity index (χ3n) is 5.63. The van der Waals surface area contributed by atoms with Crippen LogP contribution in [-0.4, -0.2) is 38.7 Å². The Morgan fingerprint density at radius 3 is 2.13 bits per heavy atom. The Bertz CT molecular complexity index is 993. The number of ether oxygens (including phenoxy) is 1. The zero-order valence-corrected chi connectivity index (χ0v) is 18.6. The van der Waals surface area contributed by atoms with Gasteiger partial charge in [-0.1, -0.05) is 60.7 Å². The molecule has 2 fully saturated rings. The monoisotopic (exact) mass is 435 g/mol. The predicted molar refractivity (Wildman–Crippen MR) is 120 cm³/mol. The largest absolute Gasteiger partial charge is 0.451 e. The first-order chi connectivity index (χ1) is 14.8. The Labute approximate surface area is 186 Å². The van der Waals surface area contributed by atoms with Gasteiger partial charge in [0.2, 0.25) is 0 Å². The van der Waals surface area contributed by atoms with Crippen LogP contribution in [0.4, 0.5) is 0 Å². The lowest BCUT2D eigenvalue weighted by Crippen LogP contribution is -2.49. The van der Waals surface area contributed by atoms with E-state index in [9.17, 15) is 14.4 Å². The molecule has 0 saturated carbocycles. The van der Waals surface area contributed by atoms with Gasteiger partial charge >= 0.3 is 5.97 Å². The molecular weight excluding hydrogens is 410 g/mol. The van der Waals surface area contributed by atoms with Gasteiger partial charge in [-0.2, -0.15) is 0 Å². The van der Waals surface area contributed by atoms with Gasteiger partial charge in [0.05, 0.1) is 5.37 Å². The van der Waals surface area contributed by atoms with Crippen LogP contribution in [0, 0.1) is 0 Å². The van der Waals surface area contributed by atoms with Crippen molar-refractivity contribution in [2.24, 2.45) is 0 Å². The standard InChI is InChI=1S/C25H25NO4S/c1-16(27)14-19-15-20-26(23(19)28)22(25(2,3)31-20)24(29)30-21(17-10-6-4-7-11-17)18-12-8-5-9-13-18/h4-14,20-22H,15H2,1-3H3/b19-14+/t20-,22+/m1/s1. The van der Waals surface area contributed by atoms with Crippen molar-refractivity contribution in [1.29, 1.82) is 0 Å². The summed E-state index contributed by atoms with van der Waals surface area (Å²) in [6.45, 7) is 5.35. The van der Waals surface area contributed by atoms with Crippen molar-refractivity contribution >= 4 is 29.4 Å². The highest BCUT2D eigenvalue weighted by Crippen LogP contribution is 2.51. The summed E-state index contributed by atoms with van der Waals surface area (Å²) in [4.78, 5) is 39.7. The van der Waals surface area contributed by atoms with Crippen LogP contribution in [0.15, 0.2) is 72.3 Å². The number of esters is 1. The molecule has 0 spiro atoms. The van der Waals surface area contributed by atoms with Gasteiger partial charge in [-0.25, -0.2) is 4.79 Å². The zero-order valence-electron chi connectivity index (χ0n) is 17.8. The molecule has 5 nitrogen and oxygen atoms in total. The van der Waals surface area contributed by atoms with E-state index in [-0.39, 0.29) is 17.1 Å². The molecule has 2 aliphatic rings. The highest BCUT2D eigenvalue weighted by molar-refractivity contribution is 8.01. The van der Waals surface area contributed by atoms with Crippen LogP contribution in [0.5, 0.6) is 0 Å². The van der Waals surface area contributed by atoms with Crippen LogP contribution in [0.1, 0.15) is 44.4 Å². The Morgan fingerprint density at radius 1 is 1.06 bits per heavy atom. The van der Waals surface area contributed by atoms with E-state index in [1.165, 1.54) is 13.0 Å². The smallest absolute Gasteiger partial charge is 0.331 e. The fraction of sp³-hybridized carbons (Fsp3) is 0.320. The summed E-state index contributed by atoms with van der Waals surface area (Å²) < 4.78 is 5.58. The molecule has 2 aliphatic heterocycles. The zero-order chi connectivity index (χ0) is 22.2. The van der Waals surface area contributed by atoms with Gasteiger partial charge in [0.15, 0.2) is 11.9 Å². The number of hydrogen-bond acceptors (Lipinski definition) is 5. The van der Waals surface area contributed by atoms with E-state index in [0.717, 1.165) is 11.1 Å². The highest BCUT2D eigenvalue weighted by Gasteiger charge is 2.57. The van der Waals surface area contributed by atoms with Crippen LogP contribution in [0.25, 0.3) is 0 Å². The van der Waals surface area contributed by atoms with Gasteiger partial charge in [-0.3, -0.25) is 9.59 Å². The number of nitrogens with zero attached hydrogens (tertiary/aromatic N) is 1. The fourth-order valence-corrected chi connectivity index (χ4v) is 5.96. The fourth-order valence-electron chi connectivity index (χ4n) is 4.33. The number of benzene rings is 2.